The number of aryl methyl sites for hydroxylation is 1. The zero-order valence-electron chi connectivity index (χ0n) is 17.9. The van der Waals surface area contributed by atoms with Crippen LogP contribution in [0.3, 0.4) is 0 Å². The van der Waals surface area contributed by atoms with Crippen LogP contribution in [0, 0.1) is 0 Å². The second-order valence-corrected chi connectivity index (χ2v) is 7.77. The number of halogens is 1. The number of thiocarbonyl (C=S) groups is 1. The molecule has 0 aliphatic heterocycles. The van der Waals surface area contributed by atoms with E-state index in [0.717, 1.165) is 25.2 Å². The molecule has 0 saturated carbocycles. The van der Waals surface area contributed by atoms with E-state index in [1.54, 1.807) is 30.3 Å². The van der Waals surface area contributed by atoms with E-state index in [9.17, 15) is 9.59 Å². The molecule has 3 N–H and O–H groups in total. The summed E-state index contributed by atoms with van der Waals surface area (Å²) < 4.78 is 0. The van der Waals surface area contributed by atoms with Crippen molar-refractivity contribution in [2.75, 3.05) is 31.5 Å². The third kappa shape index (κ3) is 8.65. The van der Waals surface area contributed by atoms with Crippen LogP contribution in [0.4, 0.5) is 5.69 Å². The summed E-state index contributed by atoms with van der Waals surface area (Å²) in [5.41, 5.74) is 2.18. The summed E-state index contributed by atoms with van der Waals surface area (Å²) in [4.78, 5) is 26.6. The number of hydrogen-bond acceptors (Lipinski definition) is 4. The minimum absolute atomic E-state index is 0.117. The van der Waals surface area contributed by atoms with Gasteiger partial charge in [0.25, 0.3) is 5.91 Å². The van der Waals surface area contributed by atoms with Crippen LogP contribution in [0.5, 0.6) is 0 Å². The first-order valence-electron chi connectivity index (χ1n) is 10.4. The average molecular weight is 461 g/mol. The molecule has 0 fully saturated rings. The second kappa shape index (κ2) is 13.0. The summed E-state index contributed by atoms with van der Waals surface area (Å²) in [5, 5.41) is 9.39. The highest BCUT2D eigenvalue weighted by Gasteiger charge is 2.09. The lowest BCUT2D eigenvalue weighted by Crippen LogP contribution is -2.35. The van der Waals surface area contributed by atoms with E-state index >= 15 is 0 Å². The summed E-state index contributed by atoms with van der Waals surface area (Å²) in [6.45, 7) is 7.55. The third-order valence-corrected chi connectivity index (χ3v) is 5.42. The van der Waals surface area contributed by atoms with E-state index in [4.69, 9.17) is 23.8 Å². The lowest BCUT2D eigenvalue weighted by molar-refractivity contribution is -0.119. The van der Waals surface area contributed by atoms with E-state index in [1.807, 2.05) is 18.2 Å². The van der Waals surface area contributed by atoms with Crippen molar-refractivity contribution in [1.82, 2.24) is 15.5 Å². The SMILES string of the molecule is CCN(CC)CCNC(=O)c1ccc(NC(=S)NC(=O)CCc2ccccc2Cl)cc1. The van der Waals surface area contributed by atoms with Crippen LogP contribution in [0.25, 0.3) is 0 Å². The van der Waals surface area contributed by atoms with Gasteiger partial charge in [0.1, 0.15) is 0 Å². The summed E-state index contributed by atoms with van der Waals surface area (Å²) in [6, 6.07) is 14.4. The maximum atomic E-state index is 12.3. The molecule has 166 valence electrons. The average Bonchev–Trinajstić information content (AvgIpc) is 2.76. The van der Waals surface area contributed by atoms with Crippen molar-refractivity contribution in [3.63, 3.8) is 0 Å². The maximum absolute atomic E-state index is 12.3. The number of carbonyl (C=O) groups is 2. The van der Waals surface area contributed by atoms with Crippen molar-refractivity contribution >= 4 is 46.4 Å². The molecule has 0 atom stereocenters. The minimum Gasteiger partial charge on any atom is -0.351 e. The molecule has 0 aliphatic carbocycles. The lowest BCUT2D eigenvalue weighted by atomic mass is 10.1. The Labute approximate surface area is 194 Å². The van der Waals surface area contributed by atoms with Crippen LogP contribution >= 0.6 is 23.8 Å². The molecule has 0 saturated heterocycles. The summed E-state index contributed by atoms with van der Waals surface area (Å²) in [7, 11) is 0. The van der Waals surface area contributed by atoms with Gasteiger partial charge in [-0.1, -0.05) is 43.6 Å². The zero-order chi connectivity index (χ0) is 22.6. The van der Waals surface area contributed by atoms with Crippen molar-refractivity contribution in [3.8, 4) is 0 Å². The normalized spacial score (nSPS) is 10.6. The topological polar surface area (TPSA) is 73.5 Å². The van der Waals surface area contributed by atoms with Gasteiger partial charge in [-0.05, 0) is 67.6 Å². The fraction of sp³-hybridized carbons (Fsp3) is 0.348. The molecule has 0 heterocycles. The predicted octanol–water partition coefficient (Wildman–Crippen LogP) is 3.86. The number of carbonyl (C=O) groups excluding carboxylic acids is 2. The highest BCUT2D eigenvalue weighted by molar-refractivity contribution is 7.80. The van der Waals surface area contributed by atoms with Crippen LogP contribution in [0.15, 0.2) is 48.5 Å². The molecule has 0 bridgehead atoms. The van der Waals surface area contributed by atoms with Crippen molar-refractivity contribution in [2.24, 2.45) is 0 Å². The molecule has 2 aromatic carbocycles. The molecule has 2 aromatic rings. The van der Waals surface area contributed by atoms with Gasteiger partial charge in [-0.2, -0.15) is 0 Å². The Balaban J connectivity index is 1.76. The van der Waals surface area contributed by atoms with Gasteiger partial charge in [0.05, 0.1) is 0 Å². The molecule has 6 nitrogen and oxygen atoms in total. The molecule has 2 rings (SSSR count). The lowest BCUT2D eigenvalue weighted by Gasteiger charge is -2.18. The van der Waals surface area contributed by atoms with Gasteiger partial charge in [-0.15, -0.1) is 0 Å². The molecule has 2 amide bonds. The van der Waals surface area contributed by atoms with Crippen LogP contribution in [0.1, 0.15) is 36.2 Å². The van der Waals surface area contributed by atoms with Crippen molar-refractivity contribution in [1.29, 1.82) is 0 Å². The fourth-order valence-corrected chi connectivity index (χ4v) is 3.44. The number of hydrogen-bond donors (Lipinski definition) is 3. The summed E-state index contributed by atoms with van der Waals surface area (Å²) in [5.74, 6) is -0.309. The molecule has 31 heavy (non-hydrogen) atoms. The monoisotopic (exact) mass is 460 g/mol. The number of likely N-dealkylation sites (N-methyl/N-ethyl adjacent to an activating group) is 1. The summed E-state index contributed by atoms with van der Waals surface area (Å²) in [6.07, 6.45) is 0.810. The van der Waals surface area contributed by atoms with Crippen molar-refractivity contribution in [3.05, 3.63) is 64.7 Å². The van der Waals surface area contributed by atoms with Crippen LogP contribution in [0.2, 0.25) is 5.02 Å². The van der Waals surface area contributed by atoms with Gasteiger partial charge in [-0.25, -0.2) is 0 Å². The standard InChI is InChI=1S/C23H29ClN4O2S/c1-3-28(4-2)16-15-25-22(30)18-9-12-19(13-10-18)26-23(31)27-21(29)14-11-17-7-5-6-8-20(17)24/h5-10,12-13H,3-4,11,14-16H2,1-2H3,(H,25,30)(H2,26,27,29,31). The van der Waals surface area contributed by atoms with Crippen LogP contribution < -0.4 is 16.0 Å². The quantitative estimate of drug-likeness (QED) is 0.469. The Morgan fingerprint density at radius 2 is 1.71 bits per heavy atom. The molecule has 0 aliphatic rings. The molecule has 0 unspecified atom stereocenters. The van der Waals surface area contributed by atoms with Gasteiger partial charge in [0, 0.05) is 35.8 Å². The van der Waals surface area contributed by atoms with Crippen LogP contribution in [-0.4, -0.2) is 48.0 Å². The van der Waals surface area contributed by atoms with E-state index in [2.05, 4.69) is 34.7 Å². The smallest absolute Gasteiger partial charge is 0.251 e. The van der Waals surface area contributed by atoms with E-state index < -0.39 is 0 Å². The number of amides is 2. The number of benzene rings is 2. The Morgan fingerprint density at radius 1 is 1.03 bits per heavy atom. The minimum atomic E-state index is -0.193. The number of rotatable bonds is 10. The maximum Gasteiger partial charge on any atom is 0.251 e. The van der Waals surface area contributed by atoms with Gasteiger partial charge < -0.3 is 20.9 Å². The predicted molar refractivity (Wildman–Crippen MR) is 131 cm³/mol. The number of nitrogens with one attached hydrogen (secondary N) is 3. The first-order valence-corrected chi connectivity index (χ1v) is 11.2. The molecule has 0 aromatic heterocycles. The highest BCUT2D eigenvalue weighted by atomic mass is 35.5. The molecule has 0 radical (unpaired) electrons. The van der Waals surface area contributed by atoms with E-state index in [0.29, 0.717) is 29.2 Å². The Bertz CT molecular complexity index is 885. The Kier molecular flexibility index (Phi) is 10.4. The summed E-state index contributed by atoms with van der Waals surface area (Å²) >= 11 is 11.3. The molecule has 8 heteroatoms. The number of nitrogens with zero attached hydrogens (tertiary/aromatic N) is 1. The van der Waals surface area contributed by atoms with Gasteiger partial charge in [0.2, 0.25) is 5.91 Å². The first-order chi connectivity index (χ1) is 14.9. The molecular weight excluding hydrogens is 432 g/mol. The fourth-order valence-electron chi connectivity index (χ4n) is 2.98. The van der Waals surface area contributed by atoms with Gasteiger partial charge >= 0.3 is 0 Å². The number of anilines is 1. The van der Waals surface area contributed by atoms with Crippen molar-refractivity contribution < 1.29 is 9.59 Å². The molecular formula is C23H29ClN4O2S. The van der Waals surface area contributed by atoms with E-state index in [1.165, 1.54) is 0 Å². The Hall–Kier alpha value is -2.48. The van der Waals surface area contributed by atoms with Gasteiger partial charge in [0.15, 0.2) is 5.11 Å². The molecule has 0 spiro atoms. The first kappa shape index (κ1) is 24.8. The van der Waals surface area contributed by atoms with E-state index in [-0.39, 0.29) is 23.3 Å². The van der Waals surface area contributed by atoms with Crippen molar-refractivity contribution in [2.45, 2.75) is 26.7 Å². The Morgan fingerprint density at radius 3 is 2.35 bits per heavy atom. The second-order valence-electron chi connectivity index (χ2n) is 6.95. The largest absolute Gasteiger partial charge is 0.351 e. The zero-order valence-corrected chi connectivity index (χ0v) is 19.5. The van der Waals surface area contributed by atoms with Crippen LogP contribution in [-0.2, 0) is 11.2 Å². The third-order valence-electron chi connectivity index (χ3n) is 4.85. The van der Waals surface area contributed by atoms with Gasteiger partial charge in [-0.3, -0.25) is 9.59 Å². The highest BCUT2D eigenvalue weighted by Crippen LogP contribution is 2.16.